The molecule has 36 heteroatoms. The van der Waals surface area contributed by atoms with Gasteiger partial charge < -0.3 is 62.7 Å². The molecule has 11 N–H and O–H groups in total. The van der Waals surface area contributed by atoms with E-state index in [1.807, 2.05) is 123 Å². The molecule has 14 aromatic carbocycles. The van der Waals surface area contributed by atoms with E-state index in [4.69, 9.17) is 38.9 Å². The zero-order valence-corrected chi connectivity index (χ0v) is 75.7. The maximum Gasteiger partial charge on any atom is 0.550 e. The zero-order chi connectivity index (χ0) is 95.0. The van der Waals surface area contributed by atoms with Gasteiger partial charge in [-0.3, -0.25) is 42.0 Å². The summed E-state index contributed by atoms with van der Waals surface area (Å²) in [6.45, 7) is 7.74. The summed E-state index contributed by atoms with van der Waals surface area (Å²) in [6.07, 6.45) is 0. The first-order valence-corrected chi connectivity index (χ1v) is 48.6. The summed E-state index contributed by atoms with van der Waals surface area (Å²) in [6, 6.07) is 82.4. The number of rotatable bonds is 33. The number of benzene rings is 14. The van der Waals surface area contributed by atoms with Gasteiger partial charge in [0.1, 0.15) is 57.1 Å². The van der Waals surface area contributed by atoms with Crippen molar-refractivity contribution in [3.8, 4) is 57.5 Å². The van der Waals surface area contributed by atoms with Crippen molar-refractivity contribution >= 4 is 101 Å². The third-order valence-corrected chi connectivity index (χ3v) is 28.1. The Balaban J connectivity index is 0.000000226. The molecule has 0 spiro atoms. The van der Waals surface area contributed by atoms with E-state index in [1.54, 1.807) is 111 Å². The van der Waals surface area contributed by atoms with Crippen LogP contribution in [0.1, 0.15) is 122 Å². The molecule has 0 aromatic heterocycles. The van der Waals surface area contributed by atoms with Gasteiger partial charge in [-0.25, -0.2) is 15.8 Å². The summed E-state index contributed by atoms with van der Waals surface area (Å²) in [5.74, 6) is 1.37. The molecule has 0 aliphatic heterocycles. The van der Waals surface area contributed by atoms with E-state index in [1.165, 1.54) is 79.9 Å². The number of ketones is 4. The Bertz CT molecular complexity index is 6940. The predicted octanol–water partition coefficient (Wildman–Crippen LogP) is 17.7. The Kier molecular flexibility index (Phi) is 29.4. The third kappa shape index (κ3) is 21.7. The van der Waals surface area contributed by atoms with Gasteiger partial charge in [0.25, 0.3) is 5.30 Å². The van der Waals surface area contributed by atoms with Crippen molar-refractivity contribution in [1.82, 2.24) is 0 Å². The van der Waals surface area contributed by atoms with Crippen LogP contribution in [-0.4, -0.2) is 92.3 Å². The Morgan fingerprint density at radius 2 is 0.553 bits per heavy atom. The summed E-state index contributed by atoms with van der Waals surface area (Å²) >= 11 is 0. The van der Waals surface area contributed by atoms with E-state index in [9.17, 15) is 91.0 Å². The quantitative estimate of drug-likeness (QED) is 0.00598. The predicted molar refractivity (Wildman–Crippen MR) is 490 cm³/mol. The molecular weight excluding hydrogens is 1820 g/mol. The van der Waals surface area contributed by atoms with Crippen molar-refractivity contribution in [3.63, 3.8) is 0 Å². The molecule has 6 unspecified atom stereocenters. The lowest BCUT2D eigenvalue weighted by Gasteiger charge is -2.33. The van der Waals surface area contributed by atoms with Gasteiger partial charge in [-0.05, 0) is 266 Å². The maximum atomic E-state index is 13.5. The van der Waals surface area contributed by atoms with Gasteiger partial charge >= 0.3 is 46.0 Å². The van der Waals surface area contributed by atoms with Gasteiger partial charge in [-0.1, -0.05) is 120 Å². The highest BCUT2D eigenvalue weighted by atomic mass is 31.2. The van der Waals surface area contributed by atoms with Crippen molar-refractivity contribution in [3.05, 3.63) is 404 Å². The van der Waals surface area contributed by atoms with Gasteiger partial charge in [0.05, 0.1) is 35.4 Å². The SMILES string of the molecule is COc1ccc(C(C)(c2ccc(Oc3ccc(C(=O)c4cc(P(=O)(O)OO)ccc4P(=O)(O)O)cc3)cc2)c2ccc(Oc3ccc(C(=O)c4ccc(C)cc4)cc3)c([P+](=O)O)c2)cc1P(=O)(O)OO.COc1ccc(C(C)(c2ccc(Oc3ccc(C(=O)c4ccc(C)cc4)cc3)cc2)c2ccc(Oc3ccc(C(=O)c4cc(P(=O)(O)OO)ccc4P(=O)(O)O)cc3)cc2)cc1. The van der Waals surface area contributed by atoms with Crippen LogP contribution in [-0.2, 0) is 52.2 Å². The minimum absolute atomic E-state index is 0.00666. The van der Waals surface area contributed by atoms with E-state index >= 15 is 0 Å². The topological polar surface area (TPSA) is 476 Å². The van der Waals surface area contributed by atoms with Crippen molar-refractivity contribution < 1.29 is 144 Å². The minimum Gasteiger partial charge on any atom is -0.497 e. The first-order valence-electron chi connectivity index (χ1n) is 39.5. The number of carbonyl (C=O) groups excluding carboxylic acids is 4. The van der Waals surface area contributed by atoms with Crippen LogP contribution in [0.5, 0.6) is 57.5 Å². The van der Waals surface area contributed by atoms with E-state index in [-0.39, 0.29) is 62.1 Å². The van der Waals surface area contributed by atoms with Crippen molar-refractivity contribution in [2.75, 3.05) is 14.2 Å². The molecule has 0 radical (unpaired) electrons. The normalized spacial score (nSPS) is 13.9. The van der Waals surface area contributed by atoms with Gasteiger partial charge in [0.2, 0.25) is 0 Å². The number of carbonyl (C=O) groups is 4. The van der Waals surface area contributed by atoms with Gasteiger partial charge in [-0.2, -0.15) is 4.89 Å². The summed E-state index contributed by atoms with van der Waals surface area (Å²) < 4.78 is 121. The second-order valence-electron chi connectivity index (χ2n) is 30.2. The second kappa shape index (κ2) is 40.1. The van der Waals surface area contributed by atoms with Gasteiger partial charge in [-0.15, -0.1) is 14.0 Å². The number of ether oxygens (including phenoxy) is 6. The second-order valence-corrected chi connectivity index (χ2v) is 39.5. The van der Waals surface area contributed by atoms with E-state index in [0.29, 0.717) is 67.7 Å². The van der Waals surface area contributed by atoms with Crippen LogP contribution in [0.2, 0.25) is 0 Å². The van der Waals surface area contributed by atoms with Crippen molar-refractivity contribution in [2.24, 2.45) is 0 Å². The van der Waals surface area contributed by atoms with E-state index in [0.717, 1.165) is 64.2 Å². The average molecular weight is 1900 g/mol. The largest absolute Gasteiger partial charge is 0.550 e. The minimum atomic E-state index is -5.08. The highest BCUT2D eigenvalue weighted by molar-refractivity contribution is 7.62. The number of methoxy groups -OCH3 is 2. The van der Waals surface area contributed by atoms with Crippen molar-refractivity contribution in [2.45, 2.75) is 38.5 Å². The molecule has 0 saturated carbocycles. The number of hydrogen-bond acceptors (Lipinski definition) is 22. The summed E-state index contributed by atoms with van der Waals surface area (Å²) in [4.78, 5) is 134. The Morgan fingerprint density at radius 3 is 0.848 bits per heavy atom. The van der Waals surface area contributed by atoms with E-state index < -0.39 is 101 Å². The fourth-order valence-corrected chi connectivity index (χ4v) is 18.7. The Hall–Kier alpha value is -12.8. The lowest BCUT2D eigenvalue weighted by molar-refractivity contribution is -0.143. The first kappa shape index (κ1) is 96.8. The summed E-state index contributed by atoms with van der Waals surface area (Å²) in [5.41, 5.74) is 5.10. The lowest BCUT2D eigenvalue weighted by Crippen LogP contribution is -2.28. The van der Waals surface area contributed by atoms with Crippen molar-refractivity contribution in [1.29, 1.82) is 0 Å². The fraction of sp³-hybridized carbons (Fsp3) is 0.0833. The average Bonchev–Trinajstić information content (AvgIpc) is 0.744. The van der Waals surface area contributed by atoms with Crippen LogP contribution in [0.3, 0.4) is 0 Å². The van der Waals surface area contributed by atoms with Crippen LogP contribution >= 0.6 is 46.0 Å². The highest BCUT2D eigenvalue weighted by Gasteiger charge is 2.40. The summed E-state index contributed by atoms with van der Waals surface area (Å²) in [5, 5.41) is 24.2. The fourth-order valence-electron chi connectivity index (χ4n) is 14.5. The van der Waals surface area contributed by atoms with Crippen LogP contribution < -0.4 is 60.2 Å². The molecule has 0 amide bonds. The molecule has 0 bridgehead atoms. The standard InChI is InChI=1S/C48H40O18P4.C48H40O12P2/c1-29-4-6-30(7-5-29)46(49)31-8-18-38(19-9-31)64-41-23-14-34(26-43(41)67(53)54)48(2,35-15-24-42(62-3)45(27-35)70(60,61)66-52)33-12-20-37(21-13-33)63-36-16-10-32(11-17-36)47(50)40-28-39(69(58,59)65-51)22-25-44(40)68(55,56)57;1-31-4-6-32(7-5-31)46(49)33-8-18-39(19-9-33)58-41-24-14-36(15-25-41)48(2,35-12-22-38(57-3)23-13-35)37-16-26-42(27-17-37)59-40-20-10-34(11-21-40)47(50)44-30-43(62(55,56)60-51)28-29-45(44)61(52,53)54/h4-28H,1-3H3,(H6-,51,52,53,54,55,56,57,58,59,60,61);4-30,51H,1-3H3,(H,55,56)(H2,52,53,54)/p+1. The molecule has 0 aliphatic carbocycles. The summed E-state index contributed by atoms with van der Waals surface area (Å²) in [7, 11) is -24.7. The number of hydrogen-bond donors (Lipinski definition) is 11. The molecule has 674 valence electrons. The molecule has 30 nitrogen and oxygen atoms in total. The first-order chi connectivity index (χ1) is 62.7. The lowest BCUT2D eigenvalue weighted by atomic mass is 9.71. The molecule has 0 saturated heterocycles. The van der Waals surface area contributed by atoms with Gasteiger partial charge in [0, 0.05) is 61.4 Å². The monoisotopic (exact) mass is 1900 g/mol. The highest BCUT2D eigenvalue weighted by Crippen LogP contribution is 2.50. The molecular formula is C96H81O30P6+. The van der Waals surface area contributed by atoms with E-state index in [2.05, 4.69) is 20.9 Å². The van der Waals surface area contributed by atoms with Crippen LogP contribution in [0, 0.1) is 13.8 Å². The molecule has 6 atom stereocenters. The smallest absolute Gasteiger partial charge is 0.497 e. The molecule has 14 rings (SSSR count). The Labute approximate surface area is 755 Å². The molecule has 0 aliphatic rings. The molecule has 0 fully saturated rings. The van der Waals surface area contributed by atoms with Gasteiger partial charge in [0.15, 0.2) is 28.9 Å². The van der Waals surface area contributed by atoms with Crippen LogP contribution in [0.15, 0.2) is 315 Å². The Morgan fingerprint density at radius 1 is 0.288 bits per heavy atom. The third-order valence-electron chi connectivity index (χ3n) is 21.9. The van der Waals surface area contributed by atoms with Crippen LogP contribution in [0.25, 0.3) is 0 Å². The number of aryl methyl sites for hydroxylation is 2. The molecule has 132 heavy (non-hydrogen) atoms. The molecule has 14 aromatic rings. The zero-order valence-electron chi connectivity index (χ0n) is 70.4. The van der Waals surface area contributed by atoms with Crippen LogP contribution in [0.4, 0.5) is 0 Å². The molecule has 0 heterocycles. The maximum absolute atomic E-state index is 13.5.